The van der Waals surface area contributed by atoms with Gasteiger partial charge in [-0.05, 0) is 46.5 Å². The van der Waals surface area contributed by atoms with Gasteiger partial charge in [0.05, 0.1) is 22.1 Å². The molecule has 0 atom stereocenters. The van der Waals surface area contributed by atoms with Gasteiger partial charge in [0.2, 0.25) is 0 Å². The fourth-order valence-corrected chi connectivity index (χ4v) is 5.46. The fraction of sp³-hybridized carbons (Fsp3) is 0. The summed E-state index contributed by atoms with van der Waals surface area (Å²) in [4.78, 5) is 38.5. The van der Waals surface area contributed by atoms with Gasteiger partial charge in [-0.2, -0.15) is 0 Å². The van der Waals surface area contributed by atoms with Gasteiger partial charge in [-0.3, -0.25) is 19.6 Å². The highest BCUT2D eigenvalue weighted by atomic mass is 16.1. The average molecular weight is 545 g/mol. The van der Waals surface area contributed by atoms with Crippen molar-refractivity contribution < 1.29 is 0 Å². The predicted molar refractivity (Wildman–Crippen MR) is 171 cm³/mol. The molecule has 0 fully saturated rings. The summed E-state index contributed by atoms with van der Waals surface area (Å²) < 4.78 is 0. The van der Waals surface area contributed by atoms with E-state index in [1.807, 2.05) is 24.5 Å². The van der Waals surface area contributed by atoms with Crippen molar-refractivity contribution in [2.24, 2.45) is 0 Å². The predicted octanol–water partition coefficient (Wildman–Crippen LogP) is 7.49. The number of hydrogen-bond acceptors (Lipinski definition) is 4. The zero-order valence-corrected chi connectivity index (χ0v) is 22.4. The normalized spacial score (nSPS) is 11.0. The summed E-state index contributed by atoms with van der Waals surface area (Å²) in [6.07, 6.45) is 6.91. The topological polar surface area (TPSA) is 91.5 Å². The van der Waals surface area contributed by atoms with E-state index in [2.05, 4.69) is 92.7 Å². The van der Waals surface area contributed by atoms with E-state index >= 15 is 0 Å². The molecule has 0 bridgehead atoms. The van der Waals surface area contributed by atoms with Crippen LogP contribution < -0.4 is 10.9 Å². The smallest absolute Gasteiger partial charge is 0.189 e. The number of benzene rings is 4. The van der Waals surface area contributed by atoms with Crippen LogP contribution >= 0.6 is 0 Å². The zero-order chi connectivity index (χ0) is 28.5. The quantitative estimate of drug-likeness (QED) is 0.221. The lowest BCUT2D eigenvalue weighted by Gasteiger charge is -2.11. The molecule has 0 radical (unpaired) electrons. The molecule has 200 valence electrons. The van der Waals surface area contributed by atoms with Gasteiger partial charge in [0, 0.05) is 58.5 Å². The Balaban J connectivity index is 0.000000154. The van der Waals surface area contributed by atoms with E-state index in [0.717, 1.165) is 21.8 Å². The number of pyridine rings is 4. The molecule has 0 saturated heterocycles. The van der Waals surface area contributed by atoms with Crippen molar-refractivity contribution in [2.75, 3.05) is 0 Å². The summed E-state index contributed by atoms with van der Waals surface area (Å²) >= 11 is 0. The van der Waals surface area contributed by atoms with E-state index in [-0.39, 0.29) is 10.9 Å². The second kappa shape index (κ2) is 10.6. The number of nitrogens with one attached hydrogen (secondary N) is 2. The van der Waals surface area contributed by atoms with Crippen LogP contribution in [-0.4, -0.2) is 19.9 Å². The molecule has 0 amide bonds. The molecule has 4 aromatic heterocycles. The Morgan fingerprint density at radius 3 is 1.26 bits per heavy atom. The van der Waals surface area contributed by atoms with Gasteiger partial charge in [-0.25, -0.2) is 0 Å². The van der Waals surface area contributed by atoms with Crippen LogP contribution in [0.25, 0.3) is 65.9 Å². The van der Waals surface area contributed by atoms with Gasteiger partial charge in [0.15, 0.2) is 10.9 Å². The number of aromatic nitrogens is 4. The first-order chi connectivity index (χ1) is 20.7. The van der Waals surface area contributed by atoms with E-state index in [0.29, 0.717) is 21.8 Å². The highest BCUT2D eigenvalue weighted by molar-refractivity contribution is 6.11. The summed E-state index contributed by atoms with van der Waals surface area (Å²) in [7, 11) is 0. The third-order valence-electron chi connectivity index (χ3n) is 7.45. The number of fused-ring (bicyclic) bond motifs is 6. The van der Waals surface area contributed by atoms with Crippen molar-refractivity contribution >= 4 is 43.6 Å². The molecule has 6 nitrogen and oxygen atoms in total. The fourth-order valence-electron chi connectivity index (χ4n) is 5.46. The third-order valence-corrected chi connectivity index (χ3v) is 7.45. The van der Waals surface area contributed by atoms with Crippen LogP contribution in [0.2, 0.25) is 0 Å². The SMILES string of the molecule is O=c1cc[nH]c2c1ccc1c(=O)cc[nH]c12.c1ccc(-c2ccnc3c2ccc2c(-c4ccccc4)ccnc23)cc1. The Labute approximate surface area is 240 Å². The third kappa shape index (κ3) is 4.41. The van der Waals surface area contributed by atoms with E-state index in [1.54, 1.807) is 24.5 Å². The molecule has 0 unspecified atom stereocenters. The van der Waals surface area contributed by atoms with Gasteiger partial charge in [-0.1, -0.05) is 72.8 Å². The number of hydrogen-bond donors (Lipinski definition) is 2. The number of H-pyrrole nitrogens is 2. The van der Waals surface area contributed by atoms with Gasteiger partial charge in [0.1, 0.15) is 0 Å². The second-order valence-electron chi connectivity index (χ2n) is 9.90. The van der Waals surface area contributed by atoms with Crippen LogP contribution in [0, 0.1) is 0 Å². The Morgan fingerprint density at radius 1 is 0.429 bits per heavy atom. The molecule has 4 aromatic carbocycles. The summed E-state index contributed by atoms with van der Waals surface area (Å²) in [6, 6.07) is 35.6. The van der Waals surface area contributed by atoms with Crippen LogP contribution in [-0.2, 0) is 0 Å². The average Bonchev–Trinajstić information content (AvgIpc) is 3.05. The zero-order valence-electron chi connectivity index (χ0n) is 22.4. The Kier molecular flexibility index (Phi) is 6.33. The molecule has 2 N–H and O–H groups in total. The van der Waals surface area contributed by atoms with Crippen LogP contribution in [0.1, 0.15) is 0 Å². The van der Waals surface area contributed by atoms with Crippen molar-refractivity contribution in [3.8, 4) is 22.3 Å². The molecule has 42 heavy (non-hydrogen) atoms. The maximum Gasteiger partial charge on any atom is 0.189 e. The summed E-state index contributed by atoms with van der Waals surface area (Å²) in [5.74, 6) is 0. The van der Waals surface area contributed by atoms with E-state index in [9.17, 15) is 9.59 Å². The maximum atomic E-state index is 11.6. The largest absolute Gasteiger partial charge is 0.359 e. The van der Waals surface area contributed by atoms with Crippen molar-refractivity contribution in [1.82, 2.24) is 19.9 Å². The molecule has 8 rings (SSSR count). The first-order valence-electron chi connectivity index (χ1n) is 13.6. The number of nitrogens with zero attached hydrogens (tertiary/aromatic N) is 2. The van der Waals surface area contributed by atoms with Crippen LogP contribution in [0.3, 0.4) is 0 Å². The molecule has 0 spiro atoms. The summed E-state index contributed by atoms with van der Waals surface area (Å²) in [6.45, 7) is 0. The molecule has 4 heterocycles. The lowest BCUT2D eigenvalue weighted by molar-refractivity contribution is 1.35. The Hall–Kier alpha value is -5.88. The minimum atomic E-state index is -0.0552. The van der Waals surface area contributed by atoms with E-state index in [1.165, 1.54) is 34.4 Å². The molecule has 6 heteroatoms. The molecular weight excluding hydrogens is 520 g/mol. The lowest BCUT2D eigenvalue weighted by Crippen LogP contribution is -2.04. The highest BCUT2D eigenvalue weighted by Crippen LogP contribution is 2.34. The maximum absolute atomic E-state index is 11.6. The van der Waals surface area contributed by atoms with Gasteiger partial charge in [0.25, 0.3) is 0 Å². The van der Waals surface area contributed by atoms with Crippen molar-refractivity contribution in [2.45, 2.75) is 0 Å². The molecule has 0 saturated carbocycles. The monoisotopic (exact) mass is 544 g/mol. The van der Waals surface area contributed by atoms with Gasteiger partial charge >= 0.3 is 0 Å². The second-order valence-corrected chi connectivity index (χ2v) is 9.90. The minimum Gasteiger partial charge on any atom is -0.359 e. The number of aromatic amines is 2. The first kappa shape index (κ1) is 25.1. The molecule has 0 aliphatic heterocycles. The molecule has 0 aliphatic carbocycles. The van der Waals surface area contributed by atoms with Crippen molar-refractivity contribution in [3.05, 3.63) is 154 Å². The van der Waals surface area contributed by atoms with Crippen LogP contribution in [0.5, 0.6) is 0 Å². The summed E-state index contributed by atoms with van der Waals surface area (Å²) in [5, 5.41) is 3.42. The van der Waals surface area contributed by atoms with Crippen molar-refractivity contribution in [1.29, 1.82) is 0 Å². The van der Waals surface area contributed by atoms with Crippen LogP contribution in [0.15, 0.2) is 144 Å². The van der Waals surface area contributed by atoms with Gasteiger partial charge < -0.3 is 9.97 Å². The Bertz CT molecular complexity index is 2180. The minimum absolute atomic E-state index is 0.0552. The van der Waals surface area contributed by atoms with Crippen LogP contribution in [0.4, 0.5) is 0 Å². The summed E-state index contributed by atoms with van der Waals surface area (Å²) in [5.41, 5.74) is 7.88. The molecule has 8 aromatic rings. The first-order valence-corrected chi connectivity index (χ1v) is 13.6. The van der Waals surface area contributed by atoms with E-state index < -0.39 is 0 Å². The molecule has 0 aliphatic rings. The van der Waals surface area contributed by atoms with Gasteiger partial charge in [-0.15, -0.1) is 0 Å². The standard InChI is InChI=1S/C24H16N2.C12H8N2O2/c1-3-7-17(8-4-1)19-13-15-25-23-21(19)11-12-22-20(14-16-26-24(22)23)18-9-5-2-6-10-18;15-9-3-5-13-11-7(9)1-2-8-10(16)4-6-14-12(8)11/h1-16H;1-6H,(H,13,15)(H,14,16). The molecular formula is C36H24N4O2. The Morgan fingerprint density at radius 2 is 0.833 bits per heavy atom. The highest BCUT2D eigenvalue weighted by Gasteiger charge is 2.11. The van der Waals surface area contributed by atoms with E-state index in [4.69, 9.17) is 0 Å². The van der Waals surface area contributed by atoms with Crippen molar-refractivity contribution in [3.63, 3.8) is 0 Å². The number of rotatable bonds is 2. The lowest BCUT2D eigenvalue weighted by atomic mass is 9.97.